The van der Waals surface area contributed by atoms with Crippen molar-refractivity contribution >= 4 is 61.2 Å². The van der Waals surface area contributed by atoms with Gasteiger partial charge in [0.05, 0.1) is 27.3 Å². The van der Waals surface area contributed by atoms with Gasteiger partial charge < -0.3 is 11.1 Å². The Kier molecular flexibility index (Phi) is 3.28. The first-order valence-corrected chi connectivity index (χ1v) is 7.45. The summed E-state index contributed by atoms with van der Waals surface area (Å²) in [6.07, 6.45) is 0. The topological polar surface area (TPSA) is 50.9 Å². The molecule has 0 amide bonds. The average Bonchev–Trinajstić information content (AvgIpc) is 2.85. The molecule has 0 bridgehead atoms. The van der Waals surface area contributed by atoms with Crippen LogP contribution >= 0.6 is 33.9 Å². The van der Waals surface area contributed by atoms with Gasteiger partial charge in [-0.15, -0.1) is 11.3 Å². The predicted molar refractivity (Wildman–Crippen MR) is 86.4 cm³/mol. The Morgan fingerprint density at radius 2 is 2.00 bits per heavy atom. The molecular weight excluding hydrogens is 376 g/mol. The third-order valence-corrected chi connectivity index (χ3v) is 4.43. The highest BCUT2D eigenvalue weighted by atomic mass is 127. The van der Waals surface area contributed by atoms with E-state index in [2.05, 4.69) is 32.9 Å². The number of rotatable bonds is 2. The Morgan fingerprint density at radius 3 is 2.79 bits per heavy atom. The van der Waals surface area contributed by atoms with E-state index < -0.39 is 0 Å². The Balaban J connectivity index is 2.03. The maximum atomic E-state index is 13.1. The average molecular weight is 385 g/mol. The van der Waals surface area contributed by atoms with Crippen molar-refractivity contribution in [2.24, 2.45) is 0 Å². The van der Waals surface area contributed by atoms with Crippen molar-refractivity contribution in [1.82, 2.24) is 4.98 Å². The van der Waals surface area contributed by atoms with Crippen LogP contribution in [0.25, 0.3) is 10.2 Å². The van der Waals surface area contributed by atoms with Crippen LogP contribution in [0.3, 0.4) is 0 Å². The number of anilines is 3. The van der Waals surface area contributed by atoms with Crippen LogP contribution < -0.4 is 11.1 Å². The first-order chi connectivity index (χ1) is 9.15. The summed E-state index contributed by atoms with van der Waals surface area (Å²) < 4.78 is 14.9. The molecule has 0 atom stereocenters. The quantitative estimate of drug-likeness (QED) is 0.509. The summed E-state index contributed by atoms with van der Waals surface area (Å²) in [7, 11) is 0. The zero-order valence-corrected chi connectivity index (χ0v) is 12.6. The number of benzene rings is 2. The van der Waals surface area contributed by atoms with Crippen LogP contribution in [0.5, 0.6) is 0 Å². The van der Waals surface area contributed by atoms with Gasteiger partial charge in [0.25, 0.3) is 0 Å². The Hall–Kier alpha value is -1.41. The fraction of sp³-hybridized carbons (Fsp3) is 0. The summed E-state index contributed by atoms with van der Waals surface area (Å²) in [5.41, 5.74) is 10.9. The van der Waals surface area contributed by atoms with E-state index >= 15 is 0 Å². The van der Waals surface area contributed by atoms with Gasteiger partial charge in [0.2, 0.25) is 0 Å². The largest absolute Gasteiger partial charge is 0.395 e. The Bertz CT molecular complexity index is 757. The molecule has 0 saturated heterocycles. The number of hydrogen-bond acceptors (Lipinski definition) is 4. The van der Waals surface area contributed by atoms with Crippen LogP contribution in [0.2, 0.25) is 0 Å². The molecule has 0 radical (unpaired) electrons. The molecule has 0 unspecified atom stereocenters. The van der Waals surface area contributed by atoms with E-state index in [-0.39, 0.29) is 5.82 Å². The maximum absolute atomic E-state index is 13.1. The van der Waals surface area contributed by atoms with E-state index in [0.717, 1.165) is 25.2 Å². The van der Waals surface area contributed by atoms with Crippen LogP contribution in [0.15, 0.2) is 35.8 Å². The van der Waals surface area contributed by atoms with Crippen molar-refractivity contribution in [3.8, 4) is 0 Å². The summed E-state index contributed by atoms with van der Waals surface area (Å²) >= 11 is 3.64. The van der Waals surface area contributed by atoms with Gasteiger partial charge >= 0.3 is 0 Å². The van der Waals surface area contributed by atoms with E-state index in [4.69, 9.17) is 5.73 Å². The van der Waals surface area contributed by atoms with Gasteiger partial charge in [-0.1, -0.05) is 0 Å². The highest BCUT2D eigenvalue weighted by molar-refractivity contribution is 14.1. The van der Waals surface area contributed by atoms with Crippen molar-refractivity contribution in [2.45, 2.75) is 0 Å². The zero-order chi connectivity index (χ0) is 13.4. The summed E-state index contributed by atoms with van der Waals surface area (Å²) in [4.78, 5) is 4.25. The van der Waals surface area contributed by atoms with Crippen molar-refractivity contribution in [1.29, 1.82) is 0 Å². The lowest BCUT2D eigenvalue weighted by Gasteiger charge is -2.11. The standard InChI is InChI=1S/C13H9FIN3S/c14-7-1-2-9(8(15)5-7)18-10-3-4-11-13(12(10)16)17-6-19-11/h1-6,18H,16H2. The normalized spacial score (nSPS) is 10.8. The second-order valence-electron chi connectivity index (χ2n) is 3.98. The van der Waals surface area contributed by atoms with Crippen molar-refractivity contribution in [3.05, 3.63) is 45.2 Å². The molecule has 0 aliphatic heterocycles. The van der Waals surface area contributed by atoms with Crippen molar-refractivity contribution in [2.75, 3.05) is 11.1 Å². The minimum Gasteiger partial charge on any atom is -0.395 e. The number of nitrogens with one attached hydrogen (secondary N) is 1. The number of fused-ring (bicyclic) bond motifs is 1. The molecule has 3 rings (SSSR count). The van der Waals surface area contributed by atoms with Gasteiger partial charge in [-0.25, -0.2) is 9.37 Å². The van der Waals surface area contributed by atoms with Crippen LogP contribution in [0, 0.1) is 9.39 Å². The van der Waals surface area contributed by atoms with Gasteiger partial charge in [-0.05, 0) is 52.9 Å². The molecule has 0 aliphatic carbocycles. The molecule has 3 nitrogen and oxygen atoms in total. The molecule has 0 aliphatic rings. The number of hydrogen-bond donors (Lipinski definition) is 2. The monoisotopic (exact) mass is 385 g/mol. The van der Waals surface area contributed by atoms with E-state index in [1.807, 2.05) is 12.1 Å². The highest BCUT2D eigenvalue weighted by Gasteiger charge is 2.08. The molecule has 96 valence electrons. The molecule has 0 saturated carbocycles. The van der Waals surface area contributed by atoms with E-state index in [1.54, 1.807) is 22.9 Å². The number of nitrogens with zero attached hydrogens (tertiary/aromatic N) is 1. The van der Waals surface area contributed by atoms with E-state index in [9.17, 15) is 4.39 Å². The van der Waals surface area contributed by atoms with Crippen LogP contribution in [-0.2, 0) is 0 Å². The molecule has 2 aromatic carbocycles. The predicted octanol–water partition coefficient (Wildman–Crippen LogP) is 4.37. The lowest BCUT2D eigenvalue weighted by atomic mass is 10.2. The number of aromatic nitrogens is 1. The third-order valence-electron chi connectivity index (χ3n) is 2.74. The minimum atomic E-state index is -0.252. The first kappa shape index (κ1) is 12.6. The van der Waals surface area contributed by atoms with Gasteiger partial charge in [0, 0.05) is 3.57 Å². The number of nitrogen functional groups attached to an aromatic ring is 1. The SMILES string of the molecule is Nc1c(Nc2ccc(F)cc2I)ccc2scnc12. The number of halogens is 2. The fourth-order valence-electron chi connectivity index (χ4n) is 1.80. The lowest BCUT2D eigenvalue weighted by Crippen LogP contribution is -1.98. The molecule has 0 spiro atoms. The molecule has 3 aromatic rings. The number of thiazole rings is 1. The van der Waals surface area contributed by atoms with Crippen molar-refractivity contribution < 1.29 is 4.39 Å². The van der Waals surface area contributed by atoms with Gasteiger partial charge in [-0.2, -0.15) is 0 Å². The van der Waals surface area contributed by atoms with E-state index in [1.165, 1.54) is 12.1 Å². The molecule has 1 aromatic heterocycles. The molecular formula is C13H9FIN3S. The van der Waals surface area contributed by atoms with Crippen LogP contribution in [0.4, 0.5) is 21.5 Å². The zero-order valence-electron chi connectivity index (χ0n) is 9.65. The highest BCUT2D eigenvalue weighted by Crippen LogP contribution is 2.33. The van der Waals surface area contributed by atoms with Crippen LogP contribution in [0.1, 0.15) is 0 Å². The molecule has 3 N–H and O–H groups in total. The second-order valence-corrected chi connectivity index (χ2v) is 6.02. The summed E-state index contributed by atoms with van der Waals surface area (Å²) in [6, 6.07) is 8.47. The van der Waals surface area contributed by atoms with Gasteiger partial charge in [0.15, 0.2) is 0 Å². The fourth-order valence-corrected chi connectivity index (χ4v) is 3.10. The van der Waals surface area contributed by atoms with Crippen LogP contribution in [-0.4, -0.2) is 4.98 Å². The van der Waals surface area contributed by atoms with Gasteiger partial charge in [0.1, 0.15) is 11.3 Å². The summed E-state index contributed by atoms with van der Waals surface area (Å²) in [6.45, 7) is 0. The number of nitrogens with two attached hydrogens (primary N) is 1. The third kappa shape index (κ3) is 2.37. The molecule has 6 heteroatoms. The summed E-state index contributed by atoms with van der Waals surface area (Å²) in [5.74, 6) is -0.252. The second kappa shape index (κ2) is 4.93. The Labute approximate surface area is 126 Å². The minimum absolute atomic E-state index is 0.252. The maximum Gasteiger partial charge on any atom is 0.124 e. The summed E-state index contributed by atoms with van der Waals surface area (Å²) in [5, 5.41) is 3.22. The lowest BCUT2D eigenvalue weighted by molar-refractivity contribution is 0.627. The first-order valence-electron chi connectivity index (χ1n) is 5.49. The molecule has 19 heavy (non-hydrogen) atoms. The Morgan fingerprint density at radius 1 is 1.21 bits per heavy atom. The molecule has 0 fully saturated rings. The van der Waals surface area contributed by atoms with Gasteiger partial charge in [-0.3, -0.25) is 0 Å². The molecule has 1 heterocycles. The smallest absolute Gasteiger partial charge is 0.124 e. The van der Waals surface area contributed by atoms with Crippen molar-refractivity contribution in [3.63, 3.8) is 0 Å². The van der Waals surface area contributed by atoms with E-state index in [0.29, 0.717) is 5.69 Å².